The molecule has 1 aliphatic carbocycles. The van der Waals surface area contributed by atoms with Crippen molar-refractivity contribution >= 4 is 5.97 Å². The van der Waals surface area contributed by atoms with Crippen molar-refractivity contribution in [2.45, 2.75) is 64.6 Å². The lowest BCUT2D eigenvalue weighted by Crippen LogP contribution is -2.29. The van der Waals surface area contributed by atoms with Crippen molar-refractivity contribution in [2.24, 2.45) is 5.92 Å². The molecule has 0 spiro atoms. The van der Waals surface area contributed by atoms with Gasteiger partial charge in [0.1, 0.15) is 17.6 Å². The lowest BCUT2D eigenvalue weighted by Gasteiger charge is -2.30. The lowest BCUT2D eigenvalue weighted by atomic mass is 9.87. The van der Waals surface area contributed by atoms with Crippen LogP contribution in [0.4, 0.5) is 0 Å². The number of benzene rings is 2. The van der Waals surface area contributed by atoms with Gasteiger partial charge in [0.05, 0.1) is 18.6 Å². The number of fused-ring (bicyclic) bond motifs is 1. The van der Waals surface area contributed by atoms with E-state index in [2.05, 4.69) is 37.3 Å². The molecule has 4 nitrogen and oxygen atoms in total. The maximum atomic E-state index is 11.9. The fourth-order valence-corrected chi connectivity index (χ4v) is 4.47. The summed E-state index contributed by atoms with van der Waals surface area (Å²) in [4.78, 5) is 11.9. The van der Waals surface area contributed by atoms with Crippen molar-refractivity contribution in [3.05, 3.63) is 59.2 Å². The van der Waals surface area contributed by atoms with E-state index >= 15 is 0 Å². The first-order valence-corrected chi connectivity index (χ1v) is 10.8. The summed E-state index contributed by atoms with van der Waals surface area (Å²) in [6.45, 7) is 4.45. The summed E-state index contributed by atoms with van der Waals surface area (Å²) in [5.74, 6) is 1.84. The standard InChI is InChI=1S/C25H30O4/c1-3-27-25(26)18-8-11-20(12-9-18)28-21-13-15-23-19(16-21)10-14-24(29-23)22-7-5-4-6-17(22)2/h4-7,13,15-16,18,20,24H,3,8-12,14H2,1-2H3/t18?,20?,24-/m0/s1. The molecule has 4 heteroatoms. The first kappa shape index (κ1) is 19.8. The third kappa shape index (κ3) is 4.58. The maximum absolute atomic E-state index is 11.9. The normalized spacial score (nSPS) is 23.6. The SMILES string of the molecule is CCOC(=O)C1CCC(Oc2ccc3c(c2)CC[C@@H](c2ccccc2C)O3)CC1. The average molecular weight is 395 g/mol. The van der Waals surface area contributed by atoms with Gasteiger partial charge in [-0.05, 0) is 87.3 Å². The Morgan fingerprint density at radius 1 is 1.07 bits per heavy atom. The van der Waals surface area contributed by atoms with Crippen molar-refractivity contribution in [1.82, 2.24) is 0 Å². The van der Waals surface area contributed by atoms with Crippen LogP contribution in [-0.4, -0.2) is 18.7 Å². The number of hydrogen-bond donors (Lipinski definition) is 0. The van der Waals surface area contributed by atoms with Gasteiger partial charge >= 0.3 is 5.97 Å². The molecule has 1 fully saturated rings. The third-order valence-corrected chi connectivity index (χ3v) is 6.11. The number of hydrogen-bond acceptors (Lipinski definition) is 4. The van der Waals surface area contributed by atoms with Crippen molar-refractivity contribution in [1.29, 1.82) is 0 Å². The van der Waals surface area contributed by atoms with Crippen LogP contribution in [0.5, 0.6) is 11.5 Å². The van der Waals surface area contributed by atoms with Gasteiger partial charge in [0.15, 0.2) is 0 Å². The molecule has 0 aromatic heterocycles. The van der Waals surface area contributed by atoms with Crippen molar-refractivity contribution in [3.8, 4) is 11.5 Å². The van der Waals surface area contributed by atoms with Gasteiger partial charge in [-0.25, -0.2) is 0 Å². The number of aryl methyl sites for hydroxylation is 2. The maximum Gasteiger partial charge on any atom is 0.308 e. The van der Waals surface area contributed by atoms with E-state index in [-0.39, 0.29) is 24.1 Å². The summed E-state index contributed by atoms with van der Waals surface area (Å²) in [7, 11) is 0. The van der Waals surface area contributed by atoms with E-state index in [0.29, 0.717) is 6.61 Å². The van der Waals surface area contributed by atoms with E-state index < -0.39 is 0 Å². The van der Waals surface area contributed by atoms with Crippen LogP contribution in [-0.2, 0) is 16.0 Å². The number of carbonyl (C=O) groups is 1. The van der Waals surface area contributed by atoms with E-state index in [1.54, 1.807) is 0 Å². The van der Waals surface area contributed by atoms with Gasteiger partial charge in [-0.15, -0.1) is 0 Å². The van der Waals surface area contributed by atoms with Crippen molar-refractivity contribution in [2.75, 3.05) is 6.61 Å². The predicted molar refractivity (Wildman–Crippen MR) is 112 cm³/mol. The number of ether oxygens (including phenoxy) is 3. The van der Waals surface area contributed by atoms with Crippen LogP contribution < -0.4 is 9.47 Å². The molecule has 0 radical (unpaired) electrons. The topological polar surface area (TPSA) is 44.8 Å². The van der Waals surface area contributed by atoms with Gasteiger partial charge in [0.2, 0.25) is 0 Å². The summed E-state index contributed by atoms with van der Waals surface area (Å²) in [6, 6.07) is 14.6. The zero-order valence-corrected chi connectivity index (χ0v) is 17.4. The Morgan fingerprint density at radius 3 is 2.62 bits per heavy atom. The Hall–Kier alpha value is -2.49. The summed E-state index contributed by atoms with van der Waals surface area (Å²) in [5.41, 5.74) is 3.77. The van der Waals surface area contributed by atoms with Crippen LogP contribution in [0.25, 0.3) is 0 Å². The second-order valence-corrected chi connectivity index (χ2v) is 8.11. The second kappa shape index (κ2) is 8.89. The summed E-state index contributed by atoms with van der Waals surface area (Å²) in [6.07, 6.45) is 5.73. The molecule has 1 heterocycles. The van der Waals surface area contributed by atoms with Gasteiger partial charge in [0, 0.05) is 0 Å². The molecular formula is C25H30O4. The molecule has 2 aromatic rings. The Morgan fingerprint density at radius 2 is 1.86 bits per heavy atom. The number of rotatable bonds is 5. The number of carbonyl (C=O) groups excluding carboxylic acids is 1. The van der Waals surface area contributed by atoms with Gasteiger partial charge < -0.3 is 14.2 Å². The Balaban J connectivity index is 1.35. The quantitative estimate of drug-likeness (QED) is 0.623. The highest BCUT2D eigenvalue weighted by Crippen LogP contribution is 2.38. The lowest BCUT2D eigenvalue weighted by molar-refractivity contribution is -0.149. The van der Waals surface area contributed by atoms with E-state index in [1.165, 1.54) is 16.7 Å². The smallest absolute Gasteiger partial charge is 0.308 e. The van der Waals surface area contributed by atoms with E-state index in [4.69, 9.17) is 14.2 Å². The second-order valence-electron chi connectivity index (χ2n) is 8.11. The molecule has 1 saturated carbocycles. The zero-order chi connectivity index (χ0) is 20.2. The molecule has 2 aromatic carbocycles. The largest absolute Gasteiger partial charge is 0.490 e. The first-order valence-electron chi connectivity index (χ1n) is 10.8. The molecule has 1 aliphatic heterocycles. The van der Waals surface area contributed by atoms with Gasteiger partial charge in [0.25, 0.3) is 0 Å². The molecule has 4 rings (SSSR count). The van der Waals surface area contributed by atoms with Crippen LogP contribution >= 0.6 is 0 Å². The third-order valence-electron chi connectivity index (χ3n) is 6.11. The van der Waals surface area contributed by atoms with Crippen LogP contribution in [0, 0.1) is 12.8 Å². The van der Waals surface area contributed by atoms with Crippen LogP contribution in [0.3, 0.4) is 0 Å². The van der Waals surface area contributed by atoms with Gasteiger partial charge in [-0.1, -0.05) is 24.3 Å². The summed E-state index contributed by atoms with van der Waals surface area (Å²) in [5, 5.41) is 0. The Labute approximate surface area is 173 Å². The molecule has 0 N–H and O–H groups in total. The minimum atomic E-state index is -0.0555. The highest BCUT2D eigenvalue weighted by atomic mass is 16.5. The monoisotopic (exact) mass is 394 g/mol. The van der Waals surface area contributed by atoms with Crippen molar-refractivity contribution < 1.29 is 19.0 Å². The fraction of sp³-hybridized carbons (Fsp3) is 0.480. The predicted octanol–water partition coefficient (Wildman–Crippen LogP) is 5.56. The van der Waals surface area contributed by atoms with Crippen LogP contribution in [0.15, 0.2) is 42.5 Å². The van der Waals surface area contributed by atoms with Crippen LogP contribution in [0.1, 0.15) is 61.8 Å². The van der Waals surface area contributed by atoms with E-state index in [9.17, 15) is 4.79 Å². The zero-order valence-electron chi connectivity index (χ0n) is 17.4. The van der Waals surface area contributed by atoms with E-state index in [1.807, 2.05) is 19.1 Å². The average Bonchev–Trinajstić information content (AvgIpc) is 2.74. The molecule has 0 unspecified atom stereocenters. The van der Waals surface area contributed by atoms with Crippen molar-refractivity contribution in [3.63, 3.8) is 0 Å². The Kier molecular flexibility index (Phi) is 6.08. The minimum absolute atomic E-state index is 0.0325. The Bertz CT molecular complexity index is 852. The van der Waals surface area contributed by atoms with Gasteiger partial charge in [-0.2, -0.15) is 0 Å². The number of esters is 1. The highest BCUT2D eigenvalue weighted by Gasteiger charge is 2.29. The van der Waals surface area contributed by atoms with Gasteiger partial charge in [-0.3, -0.25) is 4.79 Å². The van der Waals surface area contributed by atoms with E-state index in [0.717, 1.165) is 50.0 Å². The minimum Gasteiger partial charge on any atom is -0.490 e. The fourth-order valence-electron chi connectivity index (χ4n) is 4.47. The molecule has 0 amide bonds. The molecule has 154 valence electrons. The molecular weight excluding hydrogens is 364 g/mol. The molecule has 0 saturated heterocycles. The molecule has 2 aliphatic rings. The molecule has 1 atom stereocenters. The van der Waals surface area contributed by atoms with Crippen LogP contribution in [0.2, 0.25) is 0 Å². The highest BCUT2D eigenvalue weighted by molar-refractivity contribution is 5.72. The summed E-state index contributed by atoms with van der Waals surface area (Å²) >= 11 is 0. The molecule has 0 bridgehead atoms. The summed E-state index contributed by atoms with van der Waals surface area (Å²) < 4.78 is 17.7. The first-order chi connectivity index (χ1) is 14.1. The molecule has 29 heavy (non-hydrogen) atoms.